The number of carbonyl (C=O) groups excluding carboxylic acids is 1. The fourth-order valence-corrected chi connectivity index (χ4v) is 3.08. The van der Waals surface area contributed by atoms with E-state index >= 15 is 0 Å². The molecule has 1 aliphatic carbocycles. The molecule has 1 atom stereocenters. The summed E-state index contributed by atoms with van der Waals surface area (Å²) in [5.74, 6) is 2.94. The van der Waals surface area contributed by atoms with Crippen LogP contribution in [0.15, 0.2) is 51.3 Å². The average Bonchev–Trinajstić information content (AvgIpc) is 3.14. The molecule has 3 heteroatoms. The Balaban J connectivity index is 1.65. The number of benzene rings is 1. The molecule has 3 nitrogen and oxygen atoms in total. The van der Waals surface area contributed by atoms with Gasteiger partial charge in [-0.05, 0) is 37.1 Å². The Labute approximate surface area is 122 Å². The molecule has 3 aromatic rings. The van der Waals surface area contributed by atoms with Gasteiger partial charge in [-0.1, -0.05) is 18.2 Å². The van der Waals surface area contributed by atoms with Crippen molar-refractivity contribution >= 4 is 16.8 Å². The van der Waals surface area contributed by atoms with Crippen LogP contribution in [0.2, 0.25) is 0 Å². The van der Waals surface area contributed by atoms with E-state index in [4.69, 9.17) is 8.83 Å². The van der Waals surface area contributed by atoms with E-state index in [1.165, 1.54) is 0 Å². The van der Waals surface area contributed by atoms with E-state index in [-0.39, 0.29) is 5.92 Å². The molecular weight excluding hydrogens is 264 g/mol. The lowest BCUT2D eigenvalue weighted by Crippen LogP contribution is -2.12. The lowest BCUT2D eigenvalue weighted by Gasteiger charge is -2.18. The summed E-state index contributed by atoms with van der Waals surface area (Å²) in [6.45, 7) is 0. The van der Waals surface area contributed by atoms with Crippen LogP contribution in [0.3, 0.4) is 0 Å². The Hall–Kier alpha value is -2.29. The van der Waals surface area contributed by atoms with Crippen molar-refractivity contribution in [1.29, 1.82) is 0 Å². The van der Waals surface area contributed by atoms with Gasteiger partial charge < -0.3 is 8.83 Å². The number of hydrogen-bond donors (Lipinski definition) is 0. The quantitative estimate of drug-likeness (QED) is 0.669. The summed E-state index contributed by atoms with van der Waals surface area (Å²) in [7, 11) is 0. The van der Waals surface area contributed by atoms with Crippen molar-refractivity contribution in [3.8, 4) is 11.5 Å². The molecule has 0 amide bonds. The Bertz CT molecular complexity index is 761. The van der Waals surface area contributed by atoms with Crippen LogP contribution in [0.25, 0.3) is 22.5 Å². The second-order valence-corrected chi connectivity index (χ2v) is 5.68. The lowest BCUT2D eigenvalue weighted by atomic mass is 9.87. The molecular formula is C18H16O3. The van der Waals surface area contributed by atoms with Crippen molar-refractivity contribution in [2.75, 3.05) is 0 Å². The Kier molecular flexibility index (Phi) is 2.92. The summed E-state index contributed by atoms with van der Waals surface area (Å²) in [5.41, 5.74) is 0.860. The van der Waals surface area contributed by atoms with Gasteiger partial charge in [0.05, 0.1) is 0 Å². The fraction of sp³-hybridized carbons (Fsp3) is 0.278. The van der Waals surface area contributed by atoms with Crippen LogP contribution in [0.1, 0.15) is 37.4 Å². The monoisotopic (exact) mass is 280 g/mol. The van der Waals surface area contributed by atoms with Crippen molar-refractivity contribution in [3.05, 3.63) is 48.2 Å². The minimum Gasteiger partial charge on any atom is -0.457 e. The van der Waals surface area contributed by atoms with Gasteiger partial charge in [0, 0.05) is 24.1 Å². The molecule has 2 aromatic heterocycles. The first-order valence-corrected chi connectivity index (χ1v) is 7.40. The topological polar surface area (TPSA) is 43.4 Å². The summed E-state index contributed by atoms with van der Waals surface area (Å²) in [6.07, 6.45) is 3.31. The predicted octanol–water partition coefficient (Wildman–Crippen LogP) is 4.92. The first-order valence-electron chi connectivity index (χ1n) is 7.40. The van der Waals surface area contributed by atoms with Gasteiger partial charge in [0.25, 0.3) is 0 Å². The van der Waals surface area contributed by atoms with Crippen LogP contribution in [0.4, 0.5) is 0 Å². The molecule has 0 saturated heterocycles. The zero-order valence-corrected chi connectivity index (χ0v) is 11.7. The first kappa shape index (κ1) is 12.5. The van der Waals surface area contributed by atoms with Crippen LogP contribution in [0.5, 0.6) is 0 Å². The molecule has 1 saturated carbocycles. The number of furan rings is 2. The summed E-state index contributed by atoms with van der Waals surface area (Å²) >= 11 is 0. The third kappa shape index (κ3) is 2.29. The number of ketones is 1. The molecule has 1 aromatic carbocycles. The first-order chi connectivity index (χ1) is 10.3. The summed E-state index contributed by atoms with van der Waals surface area (Å²) in [6, 6.07) is 13.8. The maximum absolute atomic E-state index is 11.6. The number of fused-ring (bicyclic) bond motifs is 1. The fourth-order valence-electron chi connectivity index (χ4n) is 3.08. The van der Waals surface area contributed by atoms with E-state index < -0.39 is 0 Å². The minimum absolute atomic E-state index is 0.226. The zero-order valence-electron chi connectivity index (χ0n) is 11.7. The highest BCUT2D eigenvalue weighted by Gasteiger charge is 2.24. The van der Waals surface area contributed by atoms with Crippen LogP contribution in [0, 0.1) is 0 Å². The Morgan fingerprint density at radius 2 is 1.90 bits per heavy atom. The average molecular weight is 280 g/mol. The maximum atomic E-state index is 11.6. The molecule has 2 heterocycles. The number of rotatable bonds is 2. The van der Waals surface area contributed by atoms with Gasteiger partial charge >= 0.3 is 0 Å². The second kappa shape index (κ2) is 4.92. The van der Waals surface area contributed by atoms with E-state index in [0.29, 0.717) is 18.6 Å². The van der Waals surface area contributed by atoms with Gasteiger partial charge in [-0.2, -0.15) is 0 Å². The van der Waals surface area contributed by atoms with E-state index in [1.54, 1.807) is 0 Å². The molecule has 4 rings (SSSR count). The zero-order chi connectivity index (χ0) is 14.2. The molecule has 1 aliphatic rings. The van der Waals surface area contributed by atoms with E-state index in [2.05, 4.69) is 0 Å². The highest BCUT2D eigenvalue weighted by atomic mass is 16.4. The van der Waals surface area contributed by atoms with Crippen molar-refractivity contribution in [3.63, 3.8) is 0 Å². The standard InChI is InChI=1S/C18H16O3/c19-14-6-3-5-12(10-14)16-8-9-17(20-16)18-11-13-4-1-2-7-15(13)21-18/h1-2,4,7-9,11-12H,3,5-6,10H2. The van der Waals surface area contributed by atoms with Gasteiger partial charge in [-0.15, -0.1) is 0 Å². The molecule has 0 aliphatic heterocycles. The number of carbonyl (C=O) groups is 1. The second-order valence-electron chi connectivity index (χ2n) is 5.68. The number of hydrogen-bond acceptors (Lipinski definition) is 3. The normalized spacial score (nSPS) is 19.2. The van der Waals surface area contributed by atoms with Crippen LogP contribution in [-0.4, -0.2) is 5.78 Å². The number of Topliss-reactive ketones (excluding diaryl/α,β-unsaturated/α-hetero) is 1. The van der Waals surface area contributed by atoms with E-state index in [1.807, 2.05) is 42.5 Å². The summed E-state index contributed by atoms with van der Waals surface area (Å²) in [5, 5.41) is 1.07. The molecule has 21 heavy (non-hydrogen) atoms. The van der Waals surface area contributed by atoms with Gasteiger partial charge in [0.15, 0.2) is 11.5 Å². The molecule has 0 bridgehead atoms. The van der Waals surface area contributed by atoms with Gasteiger partial charge in [-0.25, -0.2) is 0 Å². The Morgan fingerprint density at radius 3 is 2.76 bits per heavy atom. The minimum atomic E-state index is 0.226. The maximum Gasteiger partial charge on any atom is 0.170 e. The molecule has 0 N–H and O–H groups in total. The third-order valence-corrected chi connectivity index (χ3v) is 4.18. The smallest absolute Gasteiger partial charge is 0.170 e. The molecule has 0 spiro atoms. The molecule has 1 fully saturated rings. The Morgan fingerprint density at radius 1 is 1.00 bits per heavy atom. The highest BCUT2D eigenvalue weighted by Crippen LogP contribution is 2.35. The molecule has 0 radical (unpaired) electrons. The lowest BCUT2D eigenvalue weighted by molar-refractivity contribution is -0.120. The van der Waals surface area contributed by atoms with Crippen LogP contribution in [-0.2, 0) is 4.79 Å². The van der Waals surface area contributed by atoms with Crippen LogP contribution >= 0.6 is 0 Å². The van der Waals surface area contributed by atoms with Gasteiger partial charge in [-0.3, -0.25) is 4.79 Å². The SMILES string of the molecule is O=C1CCCC(c2ccc(-c3cc4ccccc4o3)o2)C1. The van der Waals surface area contributed by atoms with Crippen molar-refractivity contribution in [2.45, 2.75) is 31.6 Å². The highest BCUT2D eigenvalue weighted by molar-refractivity contribution is 5.82. The molecule has 1 unspecified atom stereocenters. The van der Waals surface area contributed by atoms with Crippen LogP contribution < -0.4 is 0 Å². The predicted molar refractivity (Wildman–Crippen MR) is 80.1 cm³/mol. The van der Waals surface area contributed by atoms with Gasteiger partial charge in [0.1, 0.15) is 17.1 Å². The number of para-hydroxylation sites is 1. The largest absolute Gasteiger partial charge is 0.457 e. The van der Waals surface area contributed by atoms with Crippen molar-refractivity contribution in [1.82, 2.24) is 0 Å². The van der Waals surface area contributed by atoms with Crippen molar-refractivity contribution in [2.24, 2.45) is 0 Å². The van der Waals surface area contributed by atoms with E-state index in [0.717, 1.165) is 41.1 Å². The molecule has 106 valence electrons. The van der Waals surface area contributed by atoms with Gasteiger partial charge in [0.2, 0.25) is 0 Å². The third-order valence-electron chi connectivity index (χ3n) is 4.18. The van der Waals surface area contributed by atoms with E-state index in [9.17, 15) is 4.79 Å². The summed E-state index contributed by atoms with van der Waals surface area (Å²) < 4.78 is 11.8. The summed E-state index contributed by atoms with van der Waals surface area (Å²) in [4.78, 5) is 11.6. The van der Waals surface area contributed by atoms with Crippen molar-refractivity contribution < 1.29 is 13.6 Å².